The summed E-state index contributed by atoms with van der Waals surface area (Å²) >= 11 is 5.68. The van der Waals surface area contributed by atoms with Crippen LogP contribution in [0.2, 0.25) is 0 Å². The molecule has 104 valence electrons. The van der Waals surface area contributed by atoms with Crippen molar-refractivity contribution < 1.29 is 9.90 Å². The van der Waals surface area contributed by atoms with E-state index in [2.05, 4.69) is 0 Å². The predicted molar refractivity (Wildman–Crippen MR) is 81.2 cm³/mol. The van der Waals surface area contributed by atoms with E-state index >= 15 is 0 Å². The third-order valence-electron chi connectivity index (χ3n) is 3.08. The molecule has 3 nitrogen and oxygen atoms in total. The van der Waals surface area contributed by atoms with Gasteiger partial charge in [0.05, 0.1) is 6.54 Å². The highest BCUT2D eigenvalue weighted by molar-refractivity contribution is 6.29. The fourth-order valence-corrected chi connectivity index (χ4v) is 2.08. The van der Waals surface area contributed by atoms with Gasteiger partial charge in [0.15, 0.2) is 0 Å². The monoisotopic (exact) mass is 289 g/mol. The average molecular weight is 290 g/mol. The lowest BCUT2D eigenvalue weighted by molar-refractivity contribution is -0.116. The molecule has 20 heavy (non-hydrogen) atoms. The molecule has 0 fully saturated rings. The number of carbonyl (C=O) groups excluding carboxylic acids is 1. The minimum absolute atomic E-state index is 0.0958. The van der Waals surface area contributed by atoms with Crippen LogP contribution in [0, 0.1) is 6.92 Å². The molecule has 0 unspecified atom stereocenters. The minimum atomic E-state index is -0.196. The Balaban J connectivity index is 2.31. The summed E-state index contributed by atoms with van der Waals surface area (Å²) in [5.41, 5.74) is 2.57. The summed E-state index contributed by atoms with van der Waals surface area (Å²) in [6, 6.07) is 14.6. The molecule has 2 rings (SSSR count). The summed E-state index contributed by atoms with van der Waals surface area (Å²) in [4.78, 5) is 13.6. The van der Waals surface area contributed by atoms with Gasteiger partial charge in [0.1, 0.15) is 11.6 Å². The number of alkyl halides is 1. The van der Waals surface area contributed by atoms with Crippen molar-refractivity contribution in [2.75, 3.05) is 10.8 Å². The summed E-state index contributed by atoms with van der Waals surface area (Å²) in [5, 5.41) is 9.83. The highest BCUT2D eigenvalue weighted by Gasteiger charge is 2.16. The maximum absolute atomic E-state index is 12.0. The fourth-order valence-electron chi connectivity index (χ4n) is 1.94. The number of anilines is 1. The highest BCUT2D eigenvalue weighted by atomic mass is 35.5. The van der Waals surface area contributed by atoms with Gasteiger partial charge in [-0.2, -0.15) is 0 Å². The van der Waals surface area contributed by atoms with E-state index in [9.17, 15) is 9.90 Å². The smallest absolute Gasteiger partial charge is 0.242 e. The third-order valence-corrected chi connectivity index (χ3v) is 3.31. The van der Waals surface area contributed by atoms with E-state index in [-0.39, 0.29) is 17.5 Å². The second-order valence-electron chi connectivity index (χ2n) is 4.58. The molecule has 2 aromatic rings. The van der Waals surface area contributed by atoms with E-state index in [1.807, 2.05) is 37.3 Å². The molecule has 0 aliphatic carbocycles. The Morgan fingerprint density at radius 1 is 1.15 bits per heavy atom. The van der Waals surface area contributed by atoms with Gasteiger partial charge in [-0.3, -0.25) is 4.79 Å². The van der Waals surface area contributed by atoms with Crippen molar-refractivity contribution in [3.63, 3.8) is 0 Å². The largest absolute Gasteiger partial charge is 0.508 e. The Kier molecular flexibility index (Phi) is 4.64. The van der Waals surface area contributed by atoms with Crippen molar-refractivity contribution in [3.8, 4) is 5.75 Å². The van der Waals surface area contributed by atoms with E-state index in [0.29, 0.717) is 12.1 Å². The zero-order chi connectivity index (χ0) is 14.5. The van der Waals surface area contributed by atoms with Crippen LogP contribution in [0.4, 0.5) is 5.69 Å². The number of aryl methyl sites for hydroxylation is 1. The molecule has 0 saturated heterocycles. The molecule has 0 saturated carbocycles. The zero-order valence-electron chi connectivity index (χ0n) is 11.2. The molecule has 1 amide bonds. The van der Waals surface area contributed by atoms with Gasteiger partial charge in [0, 0.05) is 11.3 Å². The molecule has 0 bridgehead atoms. The van der Waals surface area contributed by atoms with Gasteiger partial charge in [0.25, 0.3) is 0 Å². The molecule has 0 heterocycles. The van der Waals surface area contributed by atoms with E-state index in [1.54, 1.807) is 23.1 Å². The summed E-state index contributed by atoms with van der Waals surface area (Å²) in [5.74, 6) is -0.118. The van der Waals surface area contributed by atoms with Gasteiger partial charge in [0.2, 0.25) is 5.91 Å². The van der Waals surface area contributed by atoms with Gasteiger partial charge in [-0.1, -0.05) is 35.9 Å². The summed E-state index contributed by atoms with van der Waals surface area (Å²) < 4.78 is 0. The highest BCUT2D eigenvalue weighted by Crippen LogP contribution is 2.23. The minimum Gasteiger partial charge on any atom is -0.508 e. The Hall–Kier alpha value is -2.00. The second kappa shape index (κ2) is 6.44. The molecule has 1 N–H and O–H groups in total. The van der Waals surface area contributed by atoms with Gasteiger partial charge < -0.3 is 10.0 Å². The van der Waals surface area contributed by atoms with E-state index in [4.69, 9.17) is 11.6 Å². The normalized spacial score (nSPS) is 10.3. The van der Waals surface area contributed by atoms with Crippen molar-refractivity contribution in [1.82, 2.24) is 0 Å². The summed E-state index contributed by atoms with van der Waals surface area (Å²) in [6.45, 7) is 2.28. The average Bonchev–Trinajstić information content (AvgIpc) is 2.47. The fraction of sp³-hybridized carbons (Fsp3) is 0.188. The number of amides is 1. The third kappa shape index (κ3) is 3.31. The number of rotatable bonds is 4. The lowest BCUT2D eigenvalue weighted by Crippen LogP contribution is -2.31. The lowest BCUT2D eigenvalue weighted by atomic mass is 10.1. The van der Waals surface area contributed by atoms with Crippen LogP contribution in [-0.4, -0.2) is 16.9 Å². The molecule has 0 aromatic heterocycles. The Labute approximate surface area is 123 Å². The number of carbonyl (C=O) groups is 1. The number of phenols is 1. The Morgan fingerprint density at radius 2 is 1.80 bits per heavy atom. The Morgan fingerprint density at radius 3 is 2.40 bits per heavy atom. The maximum Gasteiger partial charge on any atom is 0.242 e. The topological polar surface area (TPSA) is 40.5 Å². The predicted octanol–water partition coefficient (Wildman–Crippen LogP) is 3.47. The van der Waals surface area contributed by atoms with Crippen LogP contribution < -0.4 is 4.90 Å². The molecular formula is C16H16ClNO2. The second-order valence-corrected chi connectivity index (χ2v) is 4.85. The van der Waals surface area contributed by atoms with Crippen LogP contribution >= 0.6 is 11.6 Å². The van der Waals surface area contributed by atoms with Crippen molar-refractivity contribution in [2.24, 2.45) is 0 Å². The molecule has 0 spiro atoms. The van der Waals surface area contributed by atoms with E-state index < -0.39 is 0 Å². The first-order valence-electron chi connectivity index (χ1n) is 6.31. The first kappa shape index (κ1) is 14.4. The van der Waals surface area contributed by atoms with E-state index in [1.165, 1.54) is 0 Å². The number of hydrogen-bond donors (Lipinski definition) is 1. The number of aromatic hydroxyl groups is 1. The van der Waals surface area contributed by atoms with Gasteiger partial charge >= 0.3 is 0 Å². The number of hydrogen-bond acceptors (Lipinski definition) is 2. The number of para-hydroxylation sites is 1. The molecular weight excluding hydrogens is 274 g/mol. The molecule has 2 aromatic carbocycles. The molecule has 0 aliphatic rings. The first-order valence-corrected chi connectivity index (χ1v) is 6.85. The maximum atomic E-state index is 12.0. The van der Waals surface area contributed by atoms with Crippen LogP contribution in [0.5, 0.6) is 5.75 Å². The van der Waals surface area contributed by atoms with Crippen molar-refractivity contribution in [1.29, 1.82) is 0 Å². The van der Waals surface area contributed by atoms with Crippen LogP contribution in [0.25, 0.3) is 0 Å². The van der Waals surface area contributed by atoms with Crippen LogP contribution in [0.3, 0.4) is 0 Å². The molecule has 0 aliphatic heterocycles. The molecule has 0 atom stereocenters. The SMILES string of the molecule is Cc1ccc(N(Cc2ccccc2O)C(=O)CCl)cc1. The van der Waals surface area contributed by atoms with Gasteiger partial charge in [-0.05, 0) is 25.1 Å². The van der Waals surface area contributed by atoms with Crippen LogP contribution in [0.1, 0.15) is 11.1 Å². The standard InChI is InChI=1S/C16H16ClNO2/c1-12-6-8-14(9-7-12)18(16(20)10-17)11-13-4-2-3-5-15(13)19/h2-9,19H,10-11H2,1H3. The van der Waals surface area contributed by atoms with Gasteiger partial charge in [-0.15, -0.1) is 11.6 Å². The van der Waals surface area contributed by atoms with Crippen molar-refractivity contribution in [3.05, 3.63) is 59.7 Å². The zero-order valence-corrected chi connectivity index (χ0v) is 12.0. The Bertz CT molecular complexity index is 596. The summed E-state index contributed by atoms with van der Waals surface area (Å²) in [6.07, 6.45) is 0. The van der Waals surface area contributed by atoms with Crippen molar-refractivity contribution in [2.45, 2.75) is 13.5 Å². The van der Waals surface area contributed by atoms with Crippen LogP contribution in [0.15, 0.2) is 48.5 Å². The summed E-state index contributed by atoms with van der Waals surface area (Å²) in [7, 11) is 0. The first-order chi connectivity index (χ1) is 9.61. The number of nitrogens with zero attached hydrogens (tertiary/aromatic N) is 1. The number of benzene rings is 2. The van der Waals surface area contributed by atoms with Crippen LogP contribution in [-0.2, 0) is 11.3 Å². The molecule has 4 heteroatoms. The lowest BCUT2D eigenvalue weighted by Gasteiger charge is -2.22. The van der Waals surface area contributed by atoms with E-state index in [0.717, 1.165) is 11.3 Å². The van der Waals surface area contributed by atoms with Crippen molar-refractivity contribution >= 4 is 23.2 Å². The quantitative estimate of drug-likeness (QED) is 0.876. The van der Waals surface area contributed by atoms with Gasteiger partial charge in [-0.25, -0.2) is 0 Å². The molecule has 0 radical (unpaired) electrons. The number of halogens is 1. The number of phenolic OH excluding ortho intramolecular Hbond substituents is 1.